The van der Waals surface area contributed by atoms with Crippen LogP contribution in [0, 0.1) is 0 Å². The molecule has 1 nitrogen and oxygen atoms in total. The second-order valence-corrected chi connectivity index (χ2v) is 4.16. The van der Waals surface area contributed by atoms with Crippen molar-refractivity contribution in [1.29, 1.82) is 0 Å². The summed E-state index contributed by atoms with van der Waals surface area (Å²) in [6.07, 6.45) is -11.1. The lowest BCUT2D eigenvalue weighted by Crippen LogP contribution is -2.34. The number of hydrogen-bond donors (Lipinski definition) is 1. The number of aromatic hydroxyl groups is 1. The van der Waals surface area contributed by atoms with Crippen LogP contribution in [0.1, 0.15) is 11.5 Å². The predicted octanol–water partition coefficient (Wildman–Crippen LogP) is 4.91. The smallest absolute Gasteiger partial charge is 0.404 e. The van der Waals surface area contributed by atoms with E-state index in [1.54, 1.807) is 0 Å². The maximum atomic E-state index is 12.4. The van der Waals surface area contributed by atoms with Crippen molar-refractivity contribution in [3.63, 3.8) is 0 Å². The first-order valence-corrected chi connectivity index (χ1v) is 5.01. The van der Waals surface area contributed by atoms with Gasteiger partial charge < -0.3 is 5.11 Å². The average Bonchev–Trinajstić information content (AvgIpc) is 2.08. The van der Waals surface area contributed by atoms with Crippen molar-refractivity contribution >= 4 is 23.2 Å². The highest BCUT2D eigenvalue weighted by Gasteiger charge is 2.57. The quantitative estimate of drug-likeness (QED) is 0.731. The molecule has 0 spiro atoms. The second-order valence-electron chi connectivity index (χ2n) is 3.35. The SMILES string of the molecule is Oc1c(Cl)cc(C(C(F)(F)F)C(F)(F)F)cc1Cl. The molecule has 0 aliphatic heterocycles. The van der Waals surface area contributed by atoms with Crippen molar-refractivity contribution in [2.24, 2.45) is 0 Å². The molecule has 9 heteroatoms. The van der Waals surface area contributed by atoms with Gasteiger partial charge in [0.1, 0.15) is 0 Å². The summed E-state index contributed by atoms with van der Waals surface area (Å²) in [6.45, 7) is 0. The molecule has 0 saturated heterocycles. The first kappa shape index (κ1) is 15.2. The van der Waals surface area contributed by atoms with E-state index in [9.17, 15) is 26.3 Å². The Balaban J connectivity index is 3.41. The zero-order valence-corrected chi connectivity index (χ0v) is 9.71. The van der Waals surface area contributed by atoms with Gasteiger partial charge in [-0.3, -0.25) is 0 Å². The lowest BCUT2D eigenvalue weighted by Gasteiger charge is -2.23. The fourth-order valence-electron chi connectivity index (χ4n) is 1.32. The molecule has 102 valence electrons. The molecular formula is C9H4Cl2F6O. The van der Waals surface area contributed by atoms with Crippen LogP contribution in [0.2, 0.25) is 10.0 Å². The third kappa shape index (κ3) is 3.14. The van der Waals surface area contributed by atoms with E-state index in [2.05, 4.69) is 0 Å². The summed E-state index contributed by atoms with van der Waals surface area (Å²) in [4.78, 5) is 0. The van der Waals surface area contributed by atoms with Gasteiger partial charge >= 0.3 is 12.4 Å². The van der Waals surface area contributed by atoms with Gasteiger partial charge in [-0.15, -0.1) is 0 Å². The average molecular weight is 313 g/mol. The summed E-state index contributed by atoms with van der Waals surface area (Å²) in [6, 6.07) is 0.767. The second kappa shape index (κ2) is 4.70. The van der Waals surface area contributed by atoms with E-state index in [-0.39, 0.29) is 0 Å². The molecule has 0 atom stereocenters. The molecule has 1 aromatic rings. The van der Waals surface area contributed by atoms with Gasteiger partial charge in [0, 0.05) is 0 Å². The Morgan fingerprint density at radius 1 is 0.889 bits per heavy atom. The third-order valence-electron chi connectivity index (χ3n) is 2.03. The van der Waals surface area contributed by atoms with E-state index in [1.165, 1.54) is 0 Å². The van der Waals surface area contributed by atoms with Crippen LogP contribution in [0.4, 0.5) is 26.3 Å². The van der Waals surface area contributed by atoms with E-state index in [4.69, 9.17) is 28.3 Å². The Hall–Kier alpha value is -0.820. The molecule has 0 unspecified atom stereocenters. The fraction of sp³-hybridized carbons (Fsp3) is 0.333. The van der Waals surface area contributed by atoms with Gasteiger partial charge in [-0.05, 0) is 17.7 Å². The first-order valence-electron chi connectivity index (χ1n) is 4.26. The maximum Gasteiger partial charge on any atom is 0.404 e. The van der Waals surface area contributed by atoms with Gasteiger partial charge in [0.15, 0.2) is 11.7 Å². The summed E-state index contributed by atoms with van der Waals surface area (Å²) in [5, 5.41) is 7.72. The molecule has 0 saturated carbocycles. The molecule has 1 rings (SSSR count). The van der Waals surface area contributed by atoms with Crippen molar-refractivity contribution in [3.05, 3.63) is 27.7 Å². The monoisotopic (exact) mass is 312 g/mol. The summed E-state index contributed by atoms with van der Waals surface area (Å²) in [7, 11) is 0. The molecule has 0 heterocycles. The molecule has 1 aromatic carbocycles. The molecule has 0 radical (unpaired) electrons. The van der Waals surface area contributed by atoms with E-state index >= 15 is 0 Å². The normalized spacial score (nSPS) is 13.2. The molecule has 18 heavy (non-hydrogen) atoms. The van der Waals surface area contributed by atoms with Gasteiger partial charge in [-0.2, -0.15) is 26.3 Å². The van der Waals surface area contributed by atoms with Gasteiger partial charge in [0.05, 0.1) is 10.0 Å². The van der Waals surface area contributed by atoms with Crippen LogP contribution in [0.3, 0.4) is 0 Å². The van der Waals surface area contributed by atoms with Crippen LogP contribution in [-0.2, 0) is 0 Å². The minimum absolute atomic E-state index is 0.383. The summed E-state index contributed by atoms with van der Waals surface area (Å²) >= 11 is 10.6. The van der Waals surface area contributed by atoms with Crippen molar-refractivity contribution in [3.8, 4) is 5.75 Å². The summed E-state index contributed by atoms with van der Waals surface area (Å²) in [5.41, 5.74) is -1.18. The number of benzene rings is 1. The Morgan fingerprint density at radius 3 is 1.50 bits per heavy atom. The Kier molecular flexibility index (Phi) is 3.97. The van der Waals surface area contributed by atoms with Crippen molar-refractivity contribution < 1.29 is 31.4 Å². The standard InChI is InChI=1S/C9H4Cl2F6O/c10-4-1-3(2-5(11)6(4)18)7(8(12,13)14)9(15,16)17/h1-2,7,18H. The van der Waals surface area contributed by atoms with E-state index < -0.39 is 39.6 Å². The number of halogens is 8. The molecule has 0 amide bonds. The Morgan fingerprint density at radius 2 is 1.22 bits per heavy atom. The number of phenolic OH excluding ortho intramolecular Hbond substituents is 1. The van der Waals surface area contributed by atoms with Gasteiger partial charge in [-0.25, -0.2) is 0 Å². The number of rotatable bonds is 1. The van der Waals surface area contributed by atoms with Crippen LogP contribution in [0.25, 0.3) is 0 Å². The molecule has 0 aliphatic carbocycles. The highest BCUT2D eigenvalue weighted by atomic mass is 35.5. The van der Waals surface area contributed by atoms with Crippen molar-refractivity contribution in [2.75, 3.05) is 0 Å². The lowest BCUT2D eigenvalue weighted by molar-refractivity contribution is -0.253. The molecule has 0 aromatic heterocycles. The van der Waals surface area contributed by atoms with Crippen LogP contribution >= 0.6 is 23.2 Å². The van der Waals surface area contributed by atoms with Crippen LogP contribution in [0.15, 0.2) is 12.1 Å². The third-order valence-corrected chi connectivity index (χ3v) is 2.60. The Labute approximate surface area is 107 Å². The predicted molar refractivity (Wildman–Crippen MR) is 53.0 cm³/mol. The zero-order chi connectivity index (χ0) is 14.3. The fourth-order valence-corrected chi connectivity index (χ4v) is 1.82. The van der Waals surface area contributed by atoms with Crippen LogP contribution < -0.4 is 0 Å². The van der Waals surface area contributed by atoms with Gasteiger partial charge in [0.25, 0.3) is 0 Å². The first-order chi connectivity index (χ1) is 7.94. The van der Waals surface area contributed by atoms with E-state index in [0.29, 0.717) is 12.1 Å². The van der Waals surface area contributed by atoms with Crippen molar-refractivity contribution in [1.82, 2.24) is 0 Å². The van der Waals surface area contributed by atoms with Crippen LogP contribution in [-0.4, -0.2) is 17.5 Å². The van der Waals surface area contributed by atoms with Crippen molar-refractivity contribution in [2.45, 2.75) is 18.3 Å². The van der Waals surface area contributed by atoms with Gasteiger partial charge in [-0.1, -0.05) is 23.2 Å². The molecule has 0 aliphatic rings. The molecule has 1 N–H and O–H groups in total. The Bertz CT molecular complexity index is 416. The van der Waals surface area contributed by atoms with E-state index in [1.807, 2.05) is 0 Å². The number of hydrogen-bond acceptors (Lipinski definition) is 1. The zero-order valence-electron chi connectivity index (χ0n) is 8.20. The topological polar surface area (TPSA) is 20.2 Å². The highest BCUT2D eigenvalue weighted by molar-refractivity contribution is 6.37. The lowest BCUT2D eigenvalue weighted by atomic mass is 9.98. The van der Waals surface area contributed by atoms with Gasteiger partial charge in [0.2, 0.25) is 0 Å². The summed E-state index contributed by atoms with van der Waals surface area (Å²) in [5.74, 6) is -4.48. The minimum Gasteiger partial charge on any atom is -0.505 e. The highest BCUT2D eigenvalue weighted by Crippen LogP contribution is 2.48. The molecule has 0 fully saturated rings. The molecule has 0 bridgehead atoms. The maximum absolute atomic E-state index is 12.4. The number of alkyl halides is 6. The minimum atomic E-state index is -5.54. The van der Waals surface area contributed by atoms with E-state index in [0.717, 1.165) is 0 Å². The van der Waals surface area contributed by atoms with Crippen LogP contribution in [0.5, 0.6) is 5.75 Å². The largest absolute Gasteiger partial charge is 0.505 e. The molecular weight excluding hydrogens is 309 g/mol. The summed E-state index contributed by atoms with van der Waals surface area (Å²) < 4.78 is 74.4. The number of phenols is 1.